The number of nitrogens with zero attached hydrogens (tertiary/aromatic N) is 1. The summed E-state index contributed by atoms with van der Waals surface area (Å²) in [6.07, 6.45) is -1.02. The summed E-state index contributed by atoms with van der Waals surface area (Å²) in [6, 6.07) is 13.7. The number of hydrogen-bond donors (Lipinski definition) is 2. The number of benzene rings is 2. The van der Waals surface area contributed by atoms with Crippen LogP contribution in [-0.4, -0.2) is 55.0 Å². The van der Waals surface area contributed by atoms with E-state index in [4.69, 9.17) is 14.2 Å². The van der Waals surface area contributed by atoms with Crippen LogP contribution < -0.4 is 15.5 Å². The van der Waals surface area contributed by atoms with E-state index in [-0.39, 0.29) is 19.6 Å². The maximum absolute atomic E-state index is 14.0. The first kappa shape index (κ1) is 27.9. The number of esters is 1. The zero-order chi connectivity index (χ0) is 26.1. The average molecular weight is 609 g/mol. The Balaban J connectivity index is 1.97. The molecule has 2 aromatic rings. The van der Waals surface area contributed by atoms with E-state index in [9.17, 15) is 14.4 Å². The topological polar surface area (TPSA) is 106 Å². The molecule has 3 amide bonds. The van der Waals surface area contributed by atoms with Gasteiger partial charge in [0.2, 0.25) is 0 Å². The van der Waals surface area contributed by atoms with Gasteiger partial charge in [0.15, 0.2) is 11.8 Å². The van der Waals surface area contributed by atoms with Crippen LogP contribution in [0.5, 0.6) is 0 Å². The molecule has 194 valence electrons. The molecule has 2 N–H and O–H groups in total. The number of para-hydroxylation sites is 1. The molecule has 36 heavy (non-hydrogen) atoms. The van der Waals surface area contributed by atoms with Gasteiger partial charge < -0.3 is 29.7 Å². The highest BCUT2D eigenvalue weighted by atomic mass is 127. The van der Waals surface area contributed by atoms with Crippen molar-refractivity contribution in [2.45, 2.75) is 39.0 Å². The number of halogens is 1. The predicted octanol–water partition coefficient (Wildman–Crippen LogP) is 4.13. The number of alkyl halides is 1. The normalized spacial score (nSPS) is 16.7. The van der Waals surface area contributed by atoms with E-state index in [1.807, 2.05) is 32.9 Å². The van der Waals surface area contributed by atoms with Gasteiger partial charge in [0.1, 0.15) is 6.61 Å². The molecule has 1 unspecified atom stereocenters. The largest absolute Gasteiger partial charge is 0.465 e. The molecule has 0 spiro atoms. The van der Waals surface area contributed by atoms with Crippen LogP contribution in [0.15, 0.2) is 48.5 Å². The van der Waals surface area contributed by atoms with Crippen molar-refractivity contribution in [2.24, 2.45) is 0 Å². The number of amides is 3. The minimum atomic E-state index is -1.66. The Morgan fingerprint density at radius 3 is 2.36 bits per heavy atom. The van der Waals surface area contributed by atoms with Gasteiger partial charge in [0, 0.05) is 28.9 Å². The van der Waals surface area contributed by atoms with Gasteiger partial charge in [0.05, 0.1) is 18.7 Å². The number of hydrogen-bond acceptors (Lipinski definition) is 6. The third-order valence-corrected chi connectivity index (χ3v) is 6.13. The van der Waals surface area contributed by atoms with Crippen molar-refractivity contribution in [3.05, 3.63) is 59.7 Å². The van der Waals surface area contributed by atoms with Crippen LogP contribution in [0.2, 0.25) is 0 Å². The summed E-state index contributed by atoms with van der Waals surface area (Å²) in [5.41, 5.74) is 1.03. The zero-order valence-corrected chi connectivity index (χ0v) is 22.9. The first-order valence-corrected chi connectivity index (χ1v) is 13.4. The van der Waals surface area contributed by atoms with Crippen LogP contribution >= 0.6 is 22.6 Å². The molecule has 10 heteroatoms. The summed E-state index contributed by atoms with van der Waals surface area (Å²) >= 11 is 2.10. The molecular formula is C26H32IN3O6. The monoisotopic (exact) mass is 609 g/mol. The Hall–Kier alpha value is -2.70. The number of rotatable bonds is 12. The van der Waals surface area contributed by atoms with Crippen LogP contribution in [0.25, 0.3) is 0 Å². The molecule has 1 atom stereocenters. The minimum absolute atomic E-state index is 0.101. The molecule has 1 aliphatic rings. The lowest BCUT2D eigenvalue weighted by atomic mass is 9.87. The second-order valence-corrected chi connectivity index (χ2v) is 9.29. The van der Waals surface area contributed by atoms with E-state index in [0.717, 1.165) is 5.56 Å². The molecule has 3 rings (SSSR count). The molecule has 2 aromatic carbocycles. The van der Waals surface area contributed by atoms with Gasteiger partial charge >= 0.3 is 12.0 Å². The number of carbonyl (C=O) groups excluding carboxylic acids is 3. The number of aryl methyl sites for hydroxylation is 1. The Kier molecular flexibility index (Phi) is 10.1. The zero-order valence-electron chi connectivity index (χ0n) is 20.7. The van der Waals surface area contributed by atoms with Crippen LogP contribution in [0, 0.1) is 6.92 Å². The van der Waals surface area contributed by atoms with Gasteiger partial charge in [-0.05, 0) is 39.0 Å². The smallest absolute Gasteiger partial charge is 0.320 e. The summed E-state index contributed by atoms with van der Waals surface area (Å²) in [6.45, 7) is 6.75. The van der Waals surface area contributed by atoms with Crippen molar-refractivity contribution in [3.8, 4) is 0 Å². The lowest BCUT2D eigenvalue weighted by Crippen LogP contribution is -2.56. The van der Waals surface area contributed by atoms with Crippen LogP contribution in [0.3, 0.4) is 0 Å². The first-order chi connectivity index (χ1) is 17.3. The summed E-state index contributed by atoms with van der Waals surface area (Å²) in [5, 5.41) is 5.57. The van der Waals surface area contributed by atoms with E-state index < -0.39 is 29.7 Å². The number of urea groups is 1. The number of carbonyl (C=O) groups is 3. The van der Waals surface area contributed by atoms with Gasteiger partial charge in [-0.2, -0.15) is 0 Å². The molecule has 0 bridgehead atoms. The molecule has 1 aliphatic heterocycles. The van der Waals surface area contributed by atoms with Gasteiger partial charge in [-0.3, -0.25) is 9.59 Å². The molecular weight excluding hydrogens is 577 g/mol. The second-order valence-electron chi connectivity index (χ2n) is 8.21. The summed E-state index contributed by atoms with van der Waals surface area (Å²) < 4.78 is 17.3. The van der Waals surface area contributed by atoms with Gasteiger partial charge in [-0.15, -0.1) is 0 Å². The van der Waals surface area contributed by atoms with E-state index in [1.165, 1.54) is 4.90 Å². The first-order valence-electron chi connectivity index (χ1n) is 11.9. The maximum Gasteiger partial charge on any atom is 0.320 e. The third kappa shape index (κ3) is 6.54. The SMILES string of the molecule is CCOC(CN1C(=O)C(CC(=O)OCCI)(NC(=O)Nc2ccc(C)cc2)c2ccccc21)OCC. The fourth-order valence-corrected chi connectivity index (χ4v) is 4.35. The molecule has 9 nitrogen and oxygen atoms in total. The molecule has 0 radical (unpaired) electrons. The molecule has 0 aromatic heterocycles. The van der Waals surface area contributed by atoms with E-state index >= 15 is 0 Å². The standard InChI is InChI=1S/C26H32IN3O6/c1-4-34-23(35-5-2)17-30-21-9-7-6-8-20(21)26(24(30)32,16-22(31)36-15-14-27)29-25(33)28-19-12-10-18(3)11-13-19/h6-13,23H,4-5,14-17H2,1-3H3,(H2,28,29,33). The molecule has 1 heterocycles. The number of anilines is 2. The number of fused-ring (bicyclic) bond motifs is 1. The highest BCUT2D eigenvalue weighted by molar-refractivity contribution is 14.1. The third-order valence-electron chi connectivity index (χ3n) is 5.69. The van der Waals surface area contributed by atoms with Crippen LogP contribution in [0.4, 0.5) is 16.2 Å². The van der Waals surface area contributed by atoms with Crippen molar-refractivity contribution >= 4 is 51.9 Å². The summed E-state index contributed by atoms with van der Waals surface area (Å²) in [5.74, 6) is -1.04. The predicted molar refractivity (Wildman–Crippen MR) is 145 cm³/mol. The van der Waals surface area contributed by atoms with Crippen LogP contribution in [-0.2, 0) is 29.3 Å². The summed E-state index contributed by atoms with van der Waals surface area (Å²) in [7, 11) is 0. The van der Waals surface area contributed by atoms with Gasteiger partial charge in [-0.25, -0.2) is 4.79 Å². The maximum atomic E-state index is 14.0. The van der Waals surface area contributed by atoms with Crippen LogP contribution in [0.1, 0.15) is 31.4 Å². The summed E-state index contributed by atoms with van der Waals surface area (Å²) in [4.78, 5) is 41.5. The van der Waals surface area contributed by atoms with Gasteiger partial charge in [0.25, 0.3) is 5.91 Å². The highest BCUT2D eigenvalue weighted by Crippen LogP contribution is 2.43. The fourth-order valence-electron chi connectivity index (χ4n) is 4.13. The number of nitrogens with one attached hydrogen (secondary N) is 2. The second kappa shape index (κ2) is 13.0. The van der Waals surface area contributed by atoms with Gasteiger partial charge in [-0.1, -0.05) is 58.5 Å². The van der Waals surface area contributed by atoms with E-state index in [1.54, 1.807) is 36.4 Å². The Morgan fingerprint density at radius 1 is 1.06 bits per heavy atom. The minimum Gasteiger partial charge on any atom is -0.465 e. The Bertz CT molecular complexity index is 1060. The van der Waals surface area contributed by atoms with Crippen molar-refractivity contribution in [1.29, 1.82) is 0 Å². The van der Waals surface area contributed by atoms with Crippen molar-refractivity contribution in [3.63, 3.8) is 0 Å². The van der Waals surface area contributed by atoms with Crippen molar-refractivity contribution in [2.75, 3.05) is 41.0 Å². The Labute approximate surface area is 225 Å². The number of ether oxygens (including phenoxy) is 3. The highest BCUT2D eigenvalue weighted by Gasteiger charge is 2.54. The lowest BCUT2D eigenvalue weighted by molar-refractivity contribution is -0.147. The average Bonchev–Trinajstić information content (AvgIpc) is 3.07. The van der Waals surface area contributed by atoms with Crippen molar-refractivity contribution in [1.82, 2.24) is 5.32 Å². The van der Waals surface area contributed by atoms with E-state index in [2.05, 4.69) is 33.2 Å². The fraction of sp³-hybridized carbons (Fsp3) is 0.423. The molecule has 0 saturated carbocycles. The molecule has 0 aliphatic carbocycles. The van der Waals surface area contributed by atoms with Crippen molar-refractivity contribution < 1.29 is 28.6 Å². The quantitative estimate of drug-likeness (QED) is 0.162. The lowest BCUT2D eigenvalue weighted by Gasteiger charge is -2.30. The molecule has 0 fully saturated rings. The van der Waals surface area contributed by atoms with E-state index in [0.29, 0.717) is 34.6 Å². The Morgan fingerprint density at radius 2 is 1.72 bits per heavy atom. The molecule has 0 saturated heterocycles.